The number of hydrogen-bond acceptors (Lipinski definition) is 6. The zero-order valence-electron chi connectivity index (χ0n) is 16.3. The largest absolute Gasteiger partial charge is 0.495 e. The van der Waals surface area contributed by atoms with Gasteiger partial charge in [0.1, 0.15) is 17.2 Å². The van der Waals surface area contributed by atoms with Gasteiger partial charge in [0.2, 0.25) is 0 Å². The third-order valence-corrected chi connectivity index (χ3v) is 3.70. The quantitative estimate of drug-likeness (QED) is 0.630. The third kappa shape index (κ3) is 6.83. The van der Waals surface area contributed by atoms with E-state index in [0.29, 0.717) is 23.8 Å². The van der Waals surface area contributed by atoms with Crippen LogP contribution < -0.4 is 19.5 Å². The van der Waals surface area contributed by atoms with Gasteiger partial charge in [-0.05, 0) is 55.8 Å². The number of nitrogens with one attached hydrogen (secondary N) is 1. The van der Waals surface area contributed by atoms with Crippen molar-refractivity contribution in [2.45, 2.75) is 20.3 Å². The molecule has 0 aliphatic carbocycles. The van der Waals surface area contributed by atoms with Crippen LogP contribution in [0.1, 0.15) is 18.9 Å². The van der Waals surface area contributed by atoms with Gasteiger partial charge in [-0.1, -0.05) is 6.07 Å². The zero-order valence-corrected chi connectivity index (χ0v) is 16.3. The Kier molecular flexibility index (Phi) is 8.14. The molecular formula is C21H25NO6. The van der Waals surface area contributed by atoms with E-state index in [1.807, 2.05) is 19.9 Å². The number of hydrogen-bond donors (Lipinski definition) is 1. The Morgan fingerprint density at radius 3 is 2.32 bits per heavy atom. The normalized spacial score (nSPS) is 10.1. The van der Waals surface area contributed by atoms with E-state index in [1.165, 1.54) is 7.11 Å². The molecule has 2 aromatic rings. The number of aryl methyl sites for hydroxylation is 1. The van der Waals surface area contributed by atoms with Crippen LogP contribution in [0.5, 0.6) is 17.2 Å². The van der Waals surface area contributed by atoms with Crippen molar-refractivity contribution in [3.05, 3.63) is 48.0 Å². The minimum Gasteiger partial charge on any atom is -0.495 e. The molecule has 28 heavy (non-hydrogen) atoms. The summed E-state index contributed by atoms with van der Waals surface area (Å²) in [5, 5.41) is 2.67. The van der Waals surface area contributed by atoms with Crippen LogP contribution in [0.25, 0.3) is 0 Å². The second kappa shape index (κ2) is 10.8. The minimum absolute atomic E-state index is 0.0360. The number of anilines is 1. The lowest BCUT2D eigenvalue weighted by Crippen LogP contribution is -2.22. The topological polar surface area (TPSA) is 83.1 Å². The number of carbonyl (C=O) groups excluding carboxylic acids is 2. The van der Waals surface area contributed by atoms with E-state index in [0.717, 1.165) is 11.3 Å². The number of esters is 1. The molecule has 0 aliphatic heterocycles. The van der Waals surface area contributed by atoms with Crippen LogP contribution in [0.4, 0.5) is 5.69 Å². The van der Waals surface area contributed by atoms with E-state index in [2.05, 4.69) is 5.32 Å². The summed E-state index contributed by atoms with van der Waals surface area (Å²) in [6.07, 6.45) is 0.0360. The first-order valence-corrected chi connectivity index (χ1v) is 8.97. The van der Waals surface area contributed by atoms with Crippen molar-refractivity contribution in [1.29, 1.82) is 0 Å². The first-order chi connectivity index (χ1) is 13.5. The molecule has 0 aromatic heterocycles. The Bertz CT molecular complexity index is 788. The van der Waals surface area contributed by atoms with Crippen LogP contribution in [-0.2, 0) is 14.3 Å². The van der Waals surface area contributed by atoms with Gasteiger partial charge in [0.15, 0.2) is 6.61 Å². The molecule has 0 aliphatic rings. The van der Waals surface area contributed by atoms with E-state index >= 15 is 0 Å². The summed E-state index contributed by atoms with van der Waals surface area (Å²) in [4.78, 5) is 23.8. The van der Waals surface area contributed by atoms with Gasteiger partial charge in [0.05, 0.1) is 32.4 Å². The number of benzene rings is 2. The zero-order chi connectivity index (χ0) is 20.4. The van der Waals surface area contributed by atoms with Gasteiger partial charge in [0, 0.05) is 0 Å². The van der Waals surface area contributed by atoms with Crippen molar-refractivity contribution in [2.24, 2.45) is 0 Å². The molecule has 2 aromatic carbocycles. The van der Waals surface area contributed by atoms with E-state index in [-0.39, 0.29) is 19.6 Å². The molecule has 0 unspecified atom stereocenters. The van der Waals surface area contributed by atoms with Crippen LogP contribution in [0.3, 0.4) is 0 Å². The van der Waals surface area contributed by atoms with Gasteiger partial charge in [-0.2, -0.15) is 0 Å². The average Bonchev–Trinajstić information content (AvgIpc) is 2.68. The fourth-order valence-electron chi connectivity index (χ4n) is 2.37. The third-order valence-electron chi connectivity index (χ3n) is 3.70. The Labute approximate surface area is 164 Å². The maximum absolute atomic E-state index is 12.0. The highest BCUT2D eigenvalue weighted by molar-refractivity contribution is 5.94. The second-order valence-corrected chi connectivity index (χ2v) is 5.92. The Morgan fingerprint density at radius 2 is 1.68 bits per heavy atom. The number of amides is 1. The lowest BCUT2D eigenvalue weighted by atomic mass is 10.2. The summed E-state index contributed by atoms with van der Waals surface area (Å²) in [7, 11) is 1.52. The van der Waals surface area contributed by atoms with Gasteiger partial charge in [0.25, 0.3) is 5.91 Å². The summed E-state index contributed by atoms with van der Waals surface area (Å²) in [5.41, 5.74) is 1.50. The number of ether oxygens (including phenoxy) is 4. The molecule has 0 heterocycles. The van der Waals surface area contributed by atoms with Gasteiger partial charge >= 0.3 is 5.97 Å². The Morgan fingerprint density at radius 1 is 1.00 bits per heavy atom. The molecule has 150 valence electrons. The predicted molar refractivity (Wildman–Crippen MR) is 105 cm³/mol. The SMILES string of the molecule is CCOc1ccc(OCCC(=O)OCC(=O)Nc2cc(C)ccc2OC)cc1. The van der Waals surface area contributed by atoms with Crippen molar-refractivity contribution in [3.8, 4) is 17.2 Å². The highest BCUT2D eigenvalue weighted by Crippen LogP contribution is 2.25. The van der Waals surface area contributed by atoms with Crippen LogP contribution >= 0.6 is 0 Å². The maximum atomic E-state index is 12.0. The molecule has 0 saturated carbocycles. The van der Waals surface area contributed by atoms with E-state index in [9.17, 15) is 9.59 Å². The average molecular weight is 387 g/mol. The molecule has 1 N–H and O–H groups in total. The van der Waals surface area contributed by atoms with Crippen LogP contribution in [-0.4, -0.2) is 38.8 Å². The number of methoxy groups -OCH3 is 1. The Hall–Kier alpha value is -3.22. The van der Waals surface area contributed by atoms with Crippen molar-refractivity contribution in [2.75, 3.05) is 32.2 Å². The molecule has 0 saturated heterocycles. The second-order valence-electron chi connectivity index (χ2n) is 5.92. The predicted octanol–water partition coefficient (Wildman–Crippen LogP) is 3.35. The van der Waals surface area contributed by atoms with Crippen molar-refractivity contribution in [3.63, 3.8) is 0 Å². The summed E-state index contributed by atoms with van der Waals surface area (Å²) >= 11 is 0. The molecule has 2 rings (SSSR count). The fourth-order valence-corrected chi connectivity index (χ4v) is 2.37. The van der Waals surface area contributed by atoms with Gasteiger partial charge in [-0.25, -0.2) is 0 Å². The van der Waals surface area contributed by atoms with E-state index in [1.54, 1.807) is 36.4 Å². The van der Waals surface area contributed by atoms with Crippen LogP contribution in [0.15, 0.2) is 42.5 Å². The Balaban J connectivity index is 1.70. The first kappa shape index (κ1) is 21.1. The molecule has 0 fully saturated rings. The molecule has 0 spiro atoms. The smallest absolute Gasteiger partial charge is 0.309 e. The van der Waals surface area contributed by atoms with Crippen molar-refractivity contribution in [1.82, 2.24) is 0 Å². The van der Waals surface area contributed by atoms with E-state index < -0.39 is 11.9 Å². The monoisotopic (exact) mass is 387 g/mol. The minimum atomic E-state index is -0.516. The number of carbonyl (C=O) groups is 2. The lowest BCUT2D eigenvalue weighted by Gasteiger charge is -2.11. The van der Waals surface area contributed by atoms with Crippen molar-refractivity contribution >= 4 is 17.6 Å². The molecule has 1 amide bonds. The summed E-state index contributed by atoms with van der Waals surface area (Å²) in [6, 6.07) is 12.5. The molecule has 0 bridgehead atoms. The van der Waals surface area contributed by atoms with Crippen LogP contribution in [0.2, 0.25) is 0 Å². The van der Waals surface area contributed by atoms with Crippen molar-refractivity contribution < 1.29 is 28.5 Å². The van der Waals surface area contributed by atoms with E-state index in [4.69, 9.17) is 18.9 Å². The maximum Gasteiger partial charge on any atom is 0.309 e. The first-order valence-electron chi connectivity index (χ1n) is 8.97. The summed E-state index contributed by atoms with van der Waals surface area (Å²) < 4.78 is 21.0. The fraction of sp³-hybridized carbons (Fsp3) is 0.333. The molecule has 7 heteroatoms. The number of rotatable bonds is 10. The highest BCUT2D eigenvalue weighted by Gasteiger charge is 2.11. The molecule has 7 nitrogen and oxygen atoms in total. The van der Waals surface area contributed by atoms with Gasteiger partial charge in [-0.15, -0.1) is 0 Å². The lowest BCUT2D eigenvalue weighted by molar-refractivity contribution is -0.147. The standard InChI is InChI=1S/C21H25NO6/c1-4-26-16-6-8-17(9-7-16)27-12-11-21(24)28-14-20(23)22-18-13-15(2)5-10-19(18)25-3/h5-10,13H,4,11-12,14H2,1-3H3,(H,22,23). The summed E-state index contributed by atoms with van der Waals surface area (Å²) in [6.45, 7) is 4.18. The highest BCUT2D eigenvalue weighted by atomic mass is 16.5. The molecular weight excluding hydrogens is 362 g/mol. The van der Waals surface area contributed by atoms with Gasteiger partial charge < -0.3 is 24.3 Å². The molecule has 0 radical (unpaired) electrons. The molecule has 0 atom stereocenters. The summed E-state index contributed by atoms with van der Waals surface area (Å²) in [5.74, 6) is 0.960. The van der Waals surface area contributed by atoms with Crippen LogP contribution in [0, 0.1) is 6.92 Å². The van der Waals surface area contributed by atoms with Gasteiger partial charge in [-0.3, -0.25) is 9.59 Å².